The third-order valence-corrected chi connectivity index (χ3v) is 3.03. The zero-order chi connectivity index (χ0) is 13.9. The van der Waals surface area contributed by atoms with Crippen LogP contribution in [0.1, 0.15) is 62.7 Å². The third-order valence-electron chi connectivity index (χ3n) is 3.03. The molecule has 1 N–H and O–H groups in total. The summed E-state index contributed by atoms with van der Waals surface area (Å²) < 4.78 is 0. The first kappa shape index (κ1) is 15.4. The van der Waals surface area contributed by atoms with Gasteiger partial charge in [0.15, 0.2) is 0 Å². The van der Waals surface area contributed by atoms with E-state index in [4.69, 9.17) is 0 Å². The van der Waals surface area contributed by atoms with Crippen LogP contribution in [0.4, 0.5) is 0 Å². The summed E-state index contributed by atoms with van der Waals surface area (Å²) in [6, 6.07) is 9.15. The van der Waals surface area contributed by atoms with Gasteiger partial charge in [-0.2, -0.15) is 5.10 Å². The number of hydrazone groups is 1. The van der Waals surface area contributed by atoms with Crippen LogP contribution in [0.5, 0.6) is 0 Å². The number of benzene rings is 1. The highest BCUT2D eigenvalue weighted by atomic mass is 16.2. The average Bonchev–Trinajstić information content (AvgIpc) is 2.45. The number of hydrogen-bond donors (Lipinski definition) is 1. The van der Waals surface area contributed by atoms with Crippen molar-refractivity contribution in [3.05, 3.63) is 35.9 Å². The maximum Gasteiger partial charge on any atom is 0.271 e. The van der Waals surface area contributed by atoms with Crippen molar-refractivity contribution in [2.75, 3.05) is 0 Å². The molecule has 0 aliphatic heterocycles. The summed E-state index contributed by atoms with van der Waals surface area (Å²) >= 11 is 0. The summed E-state index contributed by atoms with van der Waals surface area (Å²) in [5, 5.41) is 4.14. The highest BCUT2D eigenvalue weighted by Crippen LogP contribution is 2.05. The molecule has 0 saturated heterocycles. The minimum absolute atomic E-state index is 0.147. The summed E-state index contributed by atoms with van der Waals surface area (Å²) in [4.78, 5) is 11.7. The fourth-order valence-electron chi connectivity index (χ4n) is 1.84. The van der Waals surface area contributed by atoms with E-state index in [1.165, 1.54) is 25.7 Å². The number of carbonyl (C=O) groups excluding carboxylic acids is 1. The Morgan fingerprint density at radius 3 is 2.47 bits per heavy atom. The normalized spacial score (nSPS) is 11.4. The average molecular weight is 260 g/mol. The van der Waals surface area contributed by atoms with Gasteiger partial charge in [-0.3, -0.25) is 4.79 Å². The van der Waals surface area contributed by atoms with E-state index in [9.17, 15) is 4.79 Å². The van der Waals surface area contributed by atoms with Crippen LogP contribution in [0.3, 0.4) is 0 Å². The third kappa shape index (κ3) is 6.75. The van der Waals surface area contributed by atoms with Gasteiger partial charge in [-0.15, -0.1) is 0 Å². The molecule has 3 nitrogen and oxygen atoms in total. The molecule has 0 heterocycles. The van der Waals surface area contributed by atoms with Crippen LogP contribution >= 0.6 is 0 Å². The summed E-state index contributed by atoms with van der Waals surface area (Å²) in [6.07, 6.45) is 7.21. The van der Waals surface area contributed by atoms with Crippen LogP contribution in [0, 0.1) is 0 Å². The molecule has 0 aliphatic carbocycles. The lowest BCUT2D eigenvalue weighted by Crippen LogP contribution is -2.18. The van der Waals surface area contributed by atoms with Crippen molar-refractivity contribution in [2.24, 2.45) is 5.10 Å². The number of carbonyl (C=O) groups is 1. The molecule has 1 aromatic rings. The molecule has 0 atom stereocenters. The molecule has 19 heavy (non-hydrogen) atoms. The largest absolute Gasteiger partial charge is 0.271 e. The predicted molar refractivity (Wildman–Crippen MR) is 80.4 cm³/mol. The molecule has 0 bridgehead atoms. The zero-order valence-corrected chi connectivity index (χ0v) is 12.0. The Hall–Kier alpha value is -1.64. The summed E-state index contributed by atoms with van der Waals surface area (Å²) in [5.41, 5.74) is 4.23. The van der Waals surface area contributed by atoms with Crippen LogP contribution in [0.15, 0.2) is 35.4 Å². The minimum atomic E-state index is -0.147. The molecule has 0 unspecified atom stereocenters. The van der Waals surface area contributed by atoms with Crippen LogP contribution in [-0.4, -0.2) is 11.6 Å². The Bertz CT molecular complexity index is 398. The molecule has 1 rings (SSSR count). The van der Waals surface area contributed by atoms with Gasteiger partial charge in [0.2, 0.25) is 0 Å². The van der Waals surface area contributed by atoms with Gasteiger partial charge in [0.05, 0.1) is 0 Å². The van der Waals surface area contributed by atoms with E-state index in [0.29, 0.717) is 5.56 Å². The molecule has 104 valence electrons. The van der Waals surface area contributed by atoms with E-state index < -0.39 is 0 Å². The Morgan fingerprint density at radius 1 is 1.11 bits per heavy atom. The molecule has 0 aliphatic rings. The smallest absolute Gasteiger partial charge is 0.267 e. The van der Waals surface area contributed by atoms with Gasteiger partial charge in [-0.1, -0.05) is 50.8 Å². The first-order chi connectivity index (χ1) is 9.24. The van der Waals surface area contributed by atoms with Gasteiger partial charge < -0.3 is 0 Å². The lowest BCUT2D eigenvalue weighted by atomic mass is 10.1. The summed E-state index contributed by atoms with van der Waals surface area (Å²) in [7, 11) is 0. The maximum atomic E-state index is 11.7. The SMILES string of the molecule is CCCCCCC/C(C)=N/NC(=O)c1ccccc1. The topological polar surface area (TPSA) is 41.5 Å². The summed E-state index contributed by atoms with van der Waals surface area (Å²) in [6.45, 7) is 4.18. The van der Waals surface area contributed by atoms with Crippen molar-refractivity contribution in [3.63, 3.8) is 0 Å². The van der Waals surface area contributed by atoms with Crippen LogP contribution in [0.25, 0.3) is 0 Å². The van der Waals surface area contributed by atoms with Gasteiger partial charge in [0.25, 0.3) is 5.91 Å². The number of amides is 1. The molecule has 0 saturated carbocycles. The second-order valence-corrected chi connectivity index (χ2v) is 4.82. The van der Waals surface area contributed by atoms with E-state index in [0.717, 1.165) is 18.6 Å². The van der Waals surface area contributed by atoms with Crippen molar-refractivity contribution in [1.82, 2.24) is 5.43 Å². The van der Waals surface area contributed by atoms with Gasteiger partial charge >= 0.3 is 0 Å². The molecule has 0 spiro atoms. The Morgan fingerprint density at radius 2 is 1.79 bits per heavy atom. The molecular weight excluding hydrogens is 236 g/mol. The van der Waals surface area contributed by atoms with Gasteiger partial charge in [0.1, 0.15) is 0 Å². The predicted octanol–water partition coefficient (Wildman–Crippen LogP) is 4.15. The first-order valence-corrected chi connectivity index (χ1v) is 7.12. The number of rotatable bonds is 8. The van der Waals surface area contributed by atoms with E-state index in [-0.39, 0.29) is 5.91 Å². The molecule has 3 heteroatoms. The van der Waals surface area contributed by atoms with E-state index in [1.807, 2.05) is 25.1 Å². The highest BCUT2D eigenvalue weighted by molar-refractivity contribution is 5.95. The van der Waals surface area contributed by atoms with Crippen molar-refractivity contribution in [2.45, 2.75) is 52.4 Å². The van der Waals surface area contributed by atoms with E-state index in [2.05, 4.69) is 17.5 Å². The fraction of sp³-hybridized carbons (Fsp3) is 0.500. The highest BCUT2D eigenvalue weighted by Gasteiger charge is 2.02. The number of nitrogens with zero attached hydrogens (tertiary/aromatic N) is 1. The monoisotopic (exact) mass is 260 g/mol. The minimum Gasteiger partial charge on any atom is -0.267 e. The lowest BCUT2D eigenvalue weighted by Gasteiger charge is -2.03. The van der Waals surface area contributed by atoms with Gasteiger partial charge in [-0.05, 0) is 31.9 Å². The Kier molecular flexibility index (Phi) is 7.56. The van der Waals surface area contributed by atoms with Crippen LogP contribution in [-0.2, 0) is 0 Å². The molecule has 0 fully saturated rings. The van der Waals surface area contributed by atoms with E-state index in [1.54, 1.807) is 12.1 Å². The Balaban J connectivity index is 2.25. The number of hydrogen-bond acceptors (Lipinski definition) is 2. The van der Waals surface area contributed by atoms with Crippen LogP contribution in [0.2, 0.25) is 0 Å². The Labute approximate surface area is 116 Å². The number of nitrogens with one attached hydrogen (secondary N) is 1. The lowest BCUT2D eigenvalue weighted by molar-refractivity contribution is 0.0954. The van der Waals surface area contributed by atoms with Crippen molar-refractivity contribution in [3.8, 4) is 0 Å². The van der Waals surface area contributed by atoms with Gasteiger partial charge in [0, 0.05) is 11.3 Å². The fourth-order valence-corrected chi connectivity index (χ4v) is 1.84. The molecule has 0 radical (unpaired) electrons. The standard InChI is InChI=1S/C16H24N2O/c1-3-4-5-6-8-11-14(2)17-18-16(19)15-12-9-7-10-13-15/h7,9-10,12-13H,3-6,8,11H2,1-2H3,(H,18,19)/b17-14+. The summed E-state index contributed by atoms with van der Waals surface area (Å²) in [5.74, 6) is -0.147. The second-order valence-electron chi connectivity index (χ2n) is 4.82. The van der Waals surface area contributed by atoms with E-state index >= 15 is 0 Å². The molecule has 1 aromatic carbocycles. The molecule has 0 aromatic heterocycles. The zero-order valence-electron chi connectivity index (χ0n) is 12.0. The van der Waals surface area contributed by atoms with Gasteiger partial charge in [-0.25, -0.2) is 5.43 Å². The number of unbranched alkanes of at least 4 members (excludes halogenated alkanes) is 4. The van der Waals surface area contributed by atoms with Crippen molar-refractivity contribution >= 4 is 11.6 Å². The van der Waals surface area contributed by atoms with Crippen molar-refractivity contribution in [1.29, 1.82) is 0 Å². The second kappa shape index (κ2) is 9.31. The quantitative estimate of drug-likeness (QED) is 0.426. The van der Waals surface area contributed by atoms with Crippen LogP contribution < -0.4 is 5.43 Å². The molecule has 1 amide bonds. The first-order valence-electron chi connectivity index (χ1n) is 7.12. The molecular formula is C16H24N2O. The maximum absolute atomic E-state index is 11.7. The van der Waals surface area contributed by atoms with Crippen molar-refractivity contribution < 1.29 is 4.79 Å².